The fourth-order valence-corrected chi connectivity index (χ4v) is 4.81. The molecular formula is C30H26FN8O+. The van der Waals surface area contributed by atoms with Crippen LogP contribution in [0.15, 0.2) is 61.2 Å². The monoisotopic (exact) mass is 533 g/mol. The van der Waals surface area contributed by atoms with Crippen LogP contribution in [0, 0.1) is 34.9 Å². The van der Waals surface area contributed by atoms with Crippen LogP contribution in [0.4, 0.5) is 10.2 Å². The number of quaternary nitrogens is 1. The summed E-state index contributed by atoms with van der Waals surface area (Å²) in [5, 5.41) is 23.7. The number of allylic oxidation sites excluding steroid dienone is 1. The van der Waals surface area contributed by atoms with Gasteiger partial charge in [0.15, 0.2) is 0 Å². The van der Waals surface area contributed by atoms with Crippen molar-refractivity contribution in [2.24, 2.45) is 0 Å². The van der Waals surface area contributed by atoms with Crippen molar-refractivity contribution in [3.63, 3.8) is 0 Å². The summed E-state index contributed by atoms with van der Waals surface area (Å²) >= 11 is 0. The number of amides is 1. The number of piperazine rings is 1. The van der Waals surface area contributed by atoms with Gasteiger partial charge in [0.25, 0.3) is 5.91 Å². The number of aromatic nitrogens is 3. The van der Waals surface area contributed by atoms with Crippen molar-refractivity contribution in [1.29, 1.82) is 10.7 Å². The van der Waals surface area contributed by atoms with Gasteiger partial charge in [-0.15, -0.1) is 6.42 Å². The van der Waals surface area contributed by atoms with Crippen LogP contribution in [0.1, 0.15) is 27.0 Å². The number of nitrogens with two attached hydrogens (primary N) is 1. The molecule has 3 aromatic heterocycles. The number of nitriles is 1. The first-order chi connectivity index (χ1) is 19.5. The van der Waals surface area contributed by atoms with E-state index in [2.05, 4.69) is 22.0 Å². The minimum atomic E-state index is -0.578. The van der Waals surface area contributed by atoms with Gasteiger partial charge >= 0.3 is 0 Å². The summed E-state index contributed by atoms with van der Waals surface area (Å²) in [7, 11) is 1.89. The van der Waals surface area contributed by atoms with Crippen molar-refractivity contribution in [3.8, 4) is 29.5 Å². The summed E-state index contributed by atoms with van der Waals surface area (Å²) < 4.78 is 15.7. The van der Waals surface area contributed by atoms with Crippen LogP contribution < -0.4 is 10.2 Å². The van der Waals surface area contributed by atoms with Crippen LogP contribution in [0.3, 0.4) is 0 Å². The lowest BCUT2D eigenvalue weighted by Crippen LogP contribution is -2.72. The minimum absolute atomic E-state index is 0.131. The summed E-state index contributed by atoms with van der Waals surface area (Å²) in [5.74, 6) is 2.22. The lowest BCUT2D eigenvalue weighted by Gasteiger charge is -2.35. The van der Waals surface area contributed by atoms with Gasteiger partial charge in [-0.2, -0.15) is 10.4 Å². The van der Waals surface area contributed by atoms with Crippen LogP contribution in [-0.2, 0) is 0 Å². The molecule has 4 heterocycles. The molecule has 1 aliphatic heterocycles. The van der Waals surface area contributed by atoms with E-state index in [4.69, 9.17) is 16.8 Å². The average Bonchev–Trinajstić information content (AvgIpc) is 3.42. The van der Waals surface area contributed by atoms with Gasteiger partial charge in [0, 0.05) is 67.0 Å². The molecule has 1 aromatic carbocycles. The van der Waals surface area contributed by atoms with Crippen molar-refractivity contribution in [2.75, 3.05) is 38.1 Å². The van der Waals surface area contributed by atoms with Crippen molar-refractivity contribution in [1.82, 2.24) is 19.5 Å². The predicted octanol–water partition coefficient (Wildman–Crippen LogP) is 2.53. The van der Waals surface area contributed by atoms with E-state index in [-0.39, 0.29) is 17.0 Å². The molecule has 0 radical (unpaired) electrons. The van der Waals surface area contributed by atoms with Gasteiger partial charge in [0.2, 0.25) is 0 Å². The molecule has 1 aliphatic rings. The number of carbonyl (C=O) groups is 1. The van der Waals surface area contributed by atoms with Gasteiger partial charge in [-0.05, 0) is 36.4 Å². The van der Waals surface area contributed by atoms with Crippen LogP contribution in [0.2, 0.25) is 0 Å². The summed E-state index contributed by atoms with van der Waals surface area (Å²) in [6, 6.07) is 12.2. The number of hydrogen-bond acceptors (Lipinski definition) is 6. The molecular weight excluding hydrogens is 507 g/mol. The average molecular weight is 534 g/mol. The number of pyridine rings is 2. The summed E-state index contributed by atoms with van der Waals surface area (Å²) in [5.41, 5.74) is 4.62. The Balaban J connectivity index is 1.36. The highest BCUT2D eigenvalue weighted by molar-refractivity contribution is 6.08. The maximum atomic E-state index is 14.1. The zero-order valence-electron chi connectivity index (χ0n) is 21.8. The Morgan fingerprint density at radius 1 is 1.12 bits per heavy atom. The van der Waals surface area contributed by atoms with E-state index in [0.29, 0.717) is 42.8 Å². The van der Waals surface area contributed by atoms with Gasteiger partial charge in [-0.3, -0.25) is 4.79 Å². The first-order valence-electron chi connectivity index (χ1n) is 12.7. The highest BCUT2D eigenvalue weighted by atomic mass is 19.1. The zero-order chi connectivity index (χ0) is 28.2. The van der Waals surface area contributed by atoms with Gasteiger partial charge < -0.3 is 20.5 Å². The molecule has 0 atom stereocenters. The number of rotatable bonds is 6. The summed E-state index contributed by atoms with van der Waals surface area (Å²) in [6.07, 6.45) is 13.5. The number of nitrogens with zero attached hydrogens (tertiary/aromatic N) is 6. The van der Waals surface area contributed by atoms with Crippen LogP contribution in [-0.4, -0.2) is 64.8 Å². The first kappa shape index (κ1) is 26.3. The number of fused-ring (bicyclic) bond motifs is 1. The molecule has 0 unspecified atom stereocenters. The number of nitrogens with one attached hydrogen (secondary N) is 1. The Kier molecular flexibility index (Phi) is 7.36. The minimum Gasteiger partial charge on any atom is -0.353 e. The van der Waals surface area contributed by atoms with Crippen molar-refractivity contribution < 1.29 is 14.5 Å². The van der Waals surface area contributed by atoms with E-state index in [1.807, 2.05) is 36.8 Å². The molecule has 9 nitrogen and oxygen atoms in total. The molecule has 0 bridgehead atoms. The predicted molar refractivity (Wildman–Crippen MR) is 150 cm³/mol. The second kappa shape index (κ2) is 11.2. The van der Waals surface area contributed by atoms with Gasteiger partial charge in [0.05, 0.1) is 35.5 Å². The van der Waals surface area contributed by atoms with E-state index in [1.165, 1.54) is 24.5 Å². The smallest absolute Gasteiger partial charge is 0.254 e. The highest BCUT2D eigenvalue weighted by Gasteiger charge is 2.24. The van der Waals surface area contributed by atoms with Crippen LogP contribution in [0.25, 0.3) is 22.2 Å². The molecule has 3 N–H and O–H groups in total. The van der Waals surface area contributed by atoms with E-state index < -0.39 is 5.82 Å². The van der Waals surface area contributed by atoms with Crippen LogP contribution >= 0.6 is 0 Å². The van der Waals surface area contributed by atoms with Crippen molar-refractivity contribution in [3.05, 3.63) is 89.3 Å². The quantitative estimate of drug-likeness (QED) is 0.292. The van der Waals surface area contributed by atoms with E-state index >= 15 is 0 Å². The lowest BCUT2D eigenvalue weighted by molar-refractivity contribution is -0.555. The second-order valence-corrected chi connectivity index (χ2v) is 9.23. The molecule has 5 rings (SSSR count). The first-order valence-corrected chi connectivity index (χ1v) is 12.7. The van der Waals surface area contributed by atoms with Crippen molar-refractivity contribution >= 4 is 29.0 Å². The Morgan fingerprint density at radius 2 is 1.93 bits per heavy atom. The molecule has 40 heavy (non-hydrogen) atoms. The number of carbonyl (C=O) groups excluding carboxylic acids is 1. The Bertz CT molecular complexity index is 1720. The van der Waals surface area contributed by atoms with E-state index in [1.54, 1.807) is 27.9 Å². The van der Waals surface area contributed by atoms with Gasteiger partial charge in [-0.1, -0.05) is 5.92 Å². The maximum absolute atomic E-state index is 14.1. The van der Waals surface area contributed by atoms with E-state index in [9.17, 15) is 14.4 Å². The second-order valence-electron chi connectivity index (χ2n) is 9.23. The fraction of sp³-hybridized carbons (Fsp3) is 0.167. The number of benzene rings is 1. The molecule has 1 saturated heterocycles. The third-order valence-electron chi connectivity index (χ3n) is 6.89. The molecule has 0 spiro atoms. The molecule has 1 fully saturated rings. The normalized spacial score (nSPS) is 13.7. The highest BCUT2D eigenvalue weighted by Crippen LogP contribution is 2.30. The van der Waals surface area contributed by atoms with Crippen LogP contribution in [0.5, 0.6) is 0 Å². The number of halogens is 1. The van der Waals surface area contributed by atoms with Crippen molar-refractivity contribution in [2.45, 2.75) is 0 Å². The molecule has 10 heteroatoms. The molecule has 1 amide bonds. The zero-order valence-corrected chi connectivity index (χ0v) is 21.8. The fourth-order valence-electron chi connectivity index (χ4n) is 4.81. The third-order valence-corrected chi connectivity index (χ3v) is 6.89. The molecule has 0 saturated carbocycles. The summed E-state index contributed by atoms with van der Waals surface area (Å²) in [4.78, 5) is 21.4. The molecule has 0 aliphatic carbocycles. The van der Waals surface area contributed by atoms with Gasteiger partial charge in [-0.25, -0.2) is 13.9 Å². The number of hydrogen-bond donors (Lipinski definition) is 2. The number of anilines is 1. The largest absolute Gasteiger partial charge is 0.353 e. The standard InChI is InChI=1S/C30H25FN8O/c1-3-20-4-5-21(13-27(20)31)30(40)38-10-8-37(9-11-38)28-7-6-22(17-35-28)26-12-23(24(14-32)16-34-2)19-39-29(26)25(15-33)18-36-39/h1,4-7,12-14,16-19,32,34H,8-11H2,2H3/p+1. The maximum Gasteiger partial charge on any atom is 0.254 e. The Morgan fingerprint density at radius 3 is 2.55 bits per heavy atom. The molecule has 198 valence electrons. The third kappa shape index (κ3) is 4.92. The van der Waals surface area contributed by atoms with E-state index in [0.717, 1.165) is 22.5 Å². The SMILES string of the molecule is C#Cc1ccc(C(=O)N2CCN(c3ccc(-c4cc(C(C=N)=C[NH2+]C)cn5ncc(C#N)c45)cn3)CC2)cc1F. The summed E-state index contributed by atoms with van der Waals surface area (Å²) in [6.45, 7) is 2.09. The topological polar surface area (TPSA) is 118 Å². The lowest BCUT2D eigenvalue weighted by atomic mass is 10.0. The number of terminal acetylenes is 1. The van der Waals surface area contributed by atoms with Gasteiger partial charge in [0.1, 0.15) is 23.9 Å². The Hall–Kier alpha value is -5.32. The molecule has 4 aromatic rings. The Labute approximate surface area is 230 Å².